The third-order valence-electron chi connectivity index (χ3n) is 7.72. The molecule has 2 aromatic rings. The fourth-order valence-electron chi connectivity index (χ4n) is 5.50. The van der Waals surface area contributed by atoms with Crippen molar-refractivity contribution < 1.29 is 13.2 Å². The monoisotopic (exact) mass is 554 g/mol. The van der Waals surface area contributed by atoms with Gasteiger partial charge in [0.05, 0.1) is 28.3 Å². The number of H-pyrrole nitrogens is 1. The maximum Gasteiger partial charge on any atom is 0.173 e. The van der Waals surface area contributed by atoms with Crippen molar-refractivity contribution in [3.63, 3.8) is 0 Å². The van der Waals surface area contributed by atoms with Crippen molar-refractivity contribution in [3.8, 4) is 0 Å². The number of nitrogens with one attached hydrogen (secondary N) is 2. The first kappa shape index (κ1) is 26.1. The summed E-state index contributed by atoms with van der Waals surface area (Å²) >= 11 is 0. The molecule has 6 rings (SSSR count). The fourth-order valence-corrected chi connectivity index (χ4v) is 6.19. The molecular formula is C30H30N6O3S. The molecule has 10 heteroatoms. The molecule has 0 saturated carbocycles. The lowest BCUT2D eigenvalue weighted by molar-refractivity contribution is -0.126. The number of aromatic amines is 1. The molecule has 8 bridgehead atoms. The number of aryl methyl sites for hydroxylation is 1. The van der Waals surface area contributed by atoms with Gasteiger partial charge >= 0.3 is 0 Å². The minimum absolute atomic E-state index is 0.0656. The van der Waals surface area contributed by atoms with Gasteiger partial charge in [0.15, 0.2) is 5.78 Å². The highest BCUT2D eigenvalue weighted by Gasteiger charge is 2.55. The standard InChI is InChI=1S/C30H30N6O3S/c1-19-31-17-20(18-32-19)29-10-9-24(35-29)14-23-6-5-21(33-23)13-22-7-8-25(34-22)15-30(11-12-40(4,38)39)27(37)28(2,3)26(16-29)36-30/h5-10,13-18,33,36H,11-12H2,1-4H3. The molecule has 40 heavy (non-hydrogen) atoms. The van der Waals surface area contributed by atoms with Crippen LogP contribution in [0.5, 0.6) is 0 Å². The van der Waals surface area contributed by atoms with Crippen LogP contribution >= 0.6 is 0 Å². The summed E-state index contributed by atoms with van der Waals surface area (Å²) in [6.07, 6.45) is 20.0. The number of rotatable bonds is 4. The second-order valence-corrected chi connectivity index (χ2v) is 13.6. The van der Waals surface area contributed by atoms with Gasteiger partial charge in [0, 0.05) is 40.6 Å². The molecule has 6 heterocycles. The van der Waals surface area contributed by atoms with Crippen LogP contribution in [0.1, 0.15) is 31.7 Å². The van der Waals surface area contributed by atoms with E-state index in [1.165, 1.54) is 6.26 Å². The molecule has 0 aromatic carbocycles. The number of hydrogen-bond donors (Lipinski definition) is 2. The molecule has 1 fully saturated rings. The van der Waals surface area contributed by atoms with Gasteiger partial charge in [-0.05, 0) is 87.9 Å². The quantitative estimate of drug-likeness (QED) is 0.592. The van der Waals surface area contributed by atoms with Crippen molar-refractivity contribution in [1.82, 2.24) is 20.3 Å². The highest BCUT2D eigenvalue weighted by molar-refractivity contribution is 7.90. The molecular weight excluding hydrogens is 524 g/mol. The van der Waals surface area contributed by atoms with Crippen molar-refractivity contribution in [2.75, 3.05) is 12.0 Å². The number of ketones is 1. The molecule has 2 aromatic heterocycles. The normalized spacial score (nSPS) is 26.4. The molecule has 0 amide bonds. The summed E-state index contributed by atoms with van der Waals surface area (Å²) in [5.41, 5.74) is 0.223. The molecule has 204 valence electrons. The Hall–Kier alpha value is -4.18. The number of sulfone groups is 1. The van der Waals surface area contributed by atoms with Crippen molar-refractivity contribution in [3.05, 3.63) is 94.5 Å². The summed E-state index contributed by atoms with van der Waals surface area (Å²) in [5, 5.41) is 5.22. The zero-order valence-electron chi connectivity index (χ0n) is 22.8. The topological polar surface area (TPSA) is 130 Å². The molecule has 0 spiro atoms. The highest BCUT2D eigenvalue weighted by atomic mass is 32.2. The van der Waals surface area contributed by atoms with Crippen LogP contribution in [0.25, 0.3) is 12.2 Å². The molecule has 0 radical (unpaired) electrons. The largest absolute Gasteiger partial charge is 0.372 e. The van der Waals surface area contributed by atoms with E-state index in [0.29, 0.717) is 17.2 Å². The van der Waals surface area contributed by atoms with Gasteiger partial charge in [-0.2, -0.15) is 0 Å². The minimum Gasteiger partial charge on any atom is -0.372 e. The van der Waals surface area contributed by atoms with E-state index in [1.54, 1.807) is 18.5 Å². The Morgan fingerprint density at radius 3 is 2.35 bits per heavy atom. The molecule has 4 aliphatic rings. The summed E-state index contributed by atoms with van der Waals surface area (Å²) in [7, 11) is -3.35. The Labute approximate surface area is 232 Å². The zero-order valence-corrected chi connectivity index (χ0v) is 23.6. The van der Waals surface area contributed by atoms with Crippen LogP contribution in [0, 0.1) is 12.3 Å². The second kappa shape index (κ2) is 8.92. The van der Waals surface area contributed by atoms with Gasteiger partial charge in [-0.3, -0.25) is 9.79 Å². The van der Waals surface area contributed by atoms with E-state index in [1.807, 2.05) is 75.4 Å². The van der Waals surface area contributed by atoms with Gasteiger partial charge in [0.2, 0.25) is 0 Å². The van der Waals surface area contributed by atoms with Crippen LogP contribution < -0.4 is 16.0 Å². The summed E-state index contributed by atoms with van der Waals surface area (Å²) in [6.45, 7) is 5.52. The molecule has 2 N–H and O–H groups in total. The Morgan fingerprint density at radius 1 is 0.950 bits per heavy atom. The summed E-state index contributed by atoms with van der Waals surface area (Å²) in [6, 6.07) is 3.95. The van der Waals surface area contributed by atoms with E-state index in [9.17, 15) is 13.2 Å². The summed E-state index contributed by atoms with van der Waals surface area (Å²) in [5.74, 6) is 0.346. The summed E-state index contributed by atoms with van der Waals surface area (Å²) < 4.78 is 24.5. The SMILES string of the molecule is Cc1ncc(C23C=CC(=N2)C=c2ccc([nH]2)=CC2=NC(=CC4(CCS(C)(=O)=O)NC(=C3)C(C)(C)C4=O)C=C2)cn1. The molecule has 1 saturated heterocycles. The van der Waals surface area contributed by atoms with Gasteiger partial charge < -0.3 is 10.3 Å². The average Bonchev–Trinajstić information content (AvgIpc) is 3.65. The molecule has 2 atom stereocenters. The van der Waals surface area contributed by atoms with Gasteiger partial charge in [-0.15, -0.1) is 0 Å². The Bertz CT molecular complexity index is 1860. The number of nitrogens with zero attached hydrogens (tertiary/aromatic N) is 4. The molecule has 2 unspecified atom stereocenters. The Balaban J connectivity index is 1.62. The van der Waals surface area contributed by atoms with Crippen LogP contribution in [-0.4, -0.2) is 58.1 Å². The lowest BCUT2D eigenvalue weighted by Crippen LogP contribution is -2.46. The number of allylic oxidation sites excluding steroid dienone is 4. The zero-order chi connectivity index (χ0) is 28.3. The van der Waals surface area contributed by atoms with Crippen molar-refractivity contribution in [1.29, 1.82) is 0 Å². The maximum atomic E-state index is 14.2. The number of aromatic nitrogens is 3. The van der Waals surface area contributed by atoms with Crippen LogP contribution in [0.15, 0.2) is 82.4 Å². The first-order valence-corrected chi connectivity index (χ1v) is 15.1. The van der Waals surface area contributed by atoms with Crippen LogP contribution in [0.4, 0.5) is 0 Å². The third kappa shape index (κ3) is 4.62. The first-order chi connectivity index (χ1) is 18.9. The Kier molecular flexibility index (Phi) is 5.81. The number of fused-ring (bicyclic) bond motifs is 6. The fraction of sp³-hybridized carbons (Fsp3) is 0.300. The molecule has 0 aliphatic carbocycles. The Morgan fingerprint density at radius 2 is 1.65 bits per heavy atom. The van der Waals surface area contributed by atoms with E-state index in [2.05, 4.69) is 20.3 Å². The number of carbonyl (C=O) groups is 1. The lowest BCUT2D eigenvalue weighted by atomic mass is 9.77. The predicted molar refractivity (Wildman–Crippen MR) is 156 cm³/mol. The van der Waals surface area contributed by atoms with E-state index in [4.69, 9.17) is 9.98 Å². The van der Waals surface area contributed by atoms with Gasteiger partial charge in [0.1, 0.15) is 26.7 Å². The van der Waals surface area contributed by atoms with Crippen LogP contribution in [-0.2, 0) is 20.2 Å². The van der Waals surface area contributed by atoms with Crippen LogP contribution in [0.2, 0.25) is 0 Å². The van der Waals surface area contributed by atoms with E-state index >= 15 is 0 Å². The number of Topliss-reactive ketones (excluding diaryl/α,β-unsaturated/α-hetero) is 1. The second-order valence-electron chi connectivity index (χ2n) is 11.3. The van der Waals surface area contributed by atoms with Gasteiger partial charge in [-0.1, -0.05) is 0 Å². The van der Waals surface area contributed by atoms with Crippen molar-refractivity contribution in [2.24, 2.45) is 15.4 Å². The third-order valence-corrected chi connectivity index (χ3v) is 8.66. The van der Waals surface area contributed by atoms with Crippen molar-refractivity contribution >= 4 is 39.2 Å². The predicted octanol–water partition coefficient (Wildman–Crippen LogP) is 1.74. The lowest BCUT2D eigenvalue weighted by Gasteiger charge is -2.26. The number of aliphatic imine (C=N–C) groups is 2. The van der Waals surface area contributed by atoms with Gasteiger partial charge in [-0.25, -0.2) is 23.4 Å². The average molecular weight is 555 g/mol. The van der Waals surface area contributed by atoms with E-state index < -0.39 is 26.3 Å². The van der Waals surface area contributed by atoms with Gasteiger partial charge in [0.25, 0.3) is 0 Å². The van der Waals surface area contributed by atoms with Crippen LogP contribution in [0.3, 0.4) is 0 Å². The number of carbonyl (C=O) groups excluding carboxylic acids is 1. The number of hydrogen-bond acceptors (Lipinski definition) is 8. The highest BCUT2D eigenvalue weighted by Crippen LogP contribution is 2.45. The van der Waals surface area contributed by atoms with E-state index in [-0.39, 0.29) is 18.0 Å². The van der Waals surface area contributed by atoms with Crippen molar-refractivity contribution in [2.45, 2.75) is 38.3 Å². The molecule has 4 aliphatic heterocycles. The van der Waals surface area contributed by atoms with E-state index in [0.717, 1.165) is 27.7 Å². The molecule has 9 nitrogen and oxygen atoms in total. The smallest absolute Gasteiger partial charge is 0.173 e. The first-order valence-electron chi connectivity index (χ1n) is 13.1. The minimum atomic E-state index is -3.35. The maximum absolute atomic E-state index is 14.2. The summed E-state index contributed by atoms with van der Waals surface area (Å²) in [4.78, 5) is 36.3.